The molecule has 2 N–H and O–H groups in total. The number of nitrogens with two attached hydrogens (primary N) is 1. The lowest BCUT2D eigenvalue weighted by atomic mass is 10.1. The van der Waals surface area contributed by atoms with Crippen LogP contribution in [0.2, 0.25) is 0 Å². The number of amides is 1. The van der Waals surface area contributed by atoms with Crippen molar-refractivity contribution in [2.24, 2.45) is 5.73 Å². The highest BCUT2D eigenvalue weighted by Crippen LogP contribution is 2.34. The quantitative estimate of drug-likeness (QED) is 0.522. The molecule has 86 valence electrons. The maximum absolute atomic E-state index is 12.5. The fourth-order valence-corrected chi connectivity index (χ4v) is 1.55. The van der Waals surface area contributed by atoms with Crippen LogP contribution in [0.1, 0.15) is 22.3 Å². The second-order valence-electron chi connectivity index (χ2n) is 2.65. The summed E-state index contributed by atoms with van der Waals surface area (Å²) >= 11 is 2.74. The topological polar surface area (TPSA) is 99.1 Å². The molecule has 1 aromatic rings. The molecule has 0 saturated heterocycles. The lowest BCUT2D eigenvalue weighted by Crippen LogP contribution is -2.16. The van der Waals surface area contributed by atoms with Crippen molar-refractivity contribution in [2.45, 2.75) is 6.43 Å². The molecule has 0 atom stereocenters. The summed E-state index contributed by atoms with van der Waals surface area (Å²) < 4.78 is 24.7. The van der Waals surface area contributed by atoms with Crippen molar-refractivity contribution in [3.8, 4) is 0 Å². The molecule has 6 nitrogen and oxygen atoms in total. The second-order valence-corrected chi connectivity index (χ2v) is 3.40. The van der Waals surface area contributed by atoms with Crippen molar-refractivity contribution in [1.82, 2.24) is 4.98 Å². The first-order valence-corrected chi connectivity index (χ1v) is 4.56. The minimum Gasteiger partial charge on any atom is -0.365 e. The summed E-state index contributed by atoms with van der Waals surface area (Å²) in [7, 11) is 0. The summed E-state index contributed by atoms with van der Waals surface area (Å²) in [5.74, 6) is -1.20. The number of rotatable bonds is 3. The van der Waals surface area contributed by atoms with Crippen LogP contribution in [0.3, 0.4) is 0 Å². The third-order valence-corrected chi connectivity index (χ3v) is 2.30. The van der Waals surface area contributed by atoms with E-state index >= 15 is 0 Å². The highest BCUT2D eigenvalue weighted by Gasteiger charge is 2.31. The van der Waals surface area contributed by atoms with Gasteiger partial charge >= 0.3 is 0 Å². The lowest BCUT2D eigenvalue weighted by molar-refractivity contribution is -0.386. The molecule has 0 aromatic carbocycles. The summed E-state index contributed by atoms with van der Waals surface area (Å²) in [6.07, 6.45) is -2.49. The Morgan fingerprint density at radius 2 is 2.19 bits per heavy atom. The first kappa shape index (κ1) is 12.4. The second kappa shape index (κ2) is 4.47. The highest BCUT2D eigenvalue weighted by molar-refractivity contribution is 9.10. The summed E-state index contributed by atoms with van der Waals surface area (Å²) in [6.45, 7) is 0. The zero-order valence-electron chi connectivity index (χ0n) is 7.49. The average Bonchev–Trinajstić information content (AvgIpc) is 2.15. The Labute approximate surface area is 95.7 Å². The van der Waals surface area contributed by atoms with E-state index in [9.17, 15) is 23.7 Å². The van der Waals surface area contributed by atoms with Crippen LogP contribution in [-0.4, -0.2) is 15.8 Å². The minimum atomic E-state index is -3.11. The van der Waals surface area contributed by atoms with Gasteiger partial charge < -0.3 is 5.73 Å². The molecule has 1 heterocycles. The van der Waals surface area contributed by atoms with Gasteiger partial charge in [0.2, 0.25) is 0 Å². The van der Waals surface area contributed by atoms with Crippen molar-refractivity contribution in [2.75, 3.05) is 0 Å². The smallest absolute Gasteiger partial charge is 0.295 e. The van der Waals surface area contributed by atoms with Crippen LogP contribution in [0.25, 0.3) is 0 Å². The van der Waals surface area contributed by atoms with E-state index in [-0.39, 0.29) is 4.60 Å². The molecule has 9 heteroatoms. The van der Waals surface area contributed by atoms with Crippen molar-refractivity contribution in [3.63, 3.8) is 0 Å². The van der Waals surface area contributed by atoms with Gasteiger partial charge in [0.1, 0.15) is 15.7 Å². The van der Waals surface area contributed by atoms with E-state index in [1.54, 1.807) is 0 Å². The first-order valence-electron chi connectivity index (χ1n) is 3.77. The number of nitrogens with zero attached hydrogens (tertiary/aromatic N) is 2. The van der Waals surface area contributed by atoms with Crippen molar-refractivity contribution in [3.05, 3.63) is 32.0 Å². The lowest BCUT2D eigenvalue weighted by Gasteiger charge is -2.05. The number of alkyl halides is 2. The van der Waals surface area contributed by atoms with Crippen LogP contribution in [-0.2, 0) is 0 Å². The number of aromatic nitrogens is 1. The molecular formula is C7H4BrF2N3O3. The molecule has 1 rings (SSSR count). The normalized spacial score (nSPS) is 10.5. The zero-order valence-corrected chi connectivity index (χ0v) is 9.07. The monoisotopic (exact) mass is 295 g/mol. The van der Waals surface area contributed by atoms with Crippen molar-refractivity contribution < 1.29 is 18.5 Å². The number of carbonyl (C=O) groups is 1. The molecule has 0 fully saturated rings. The molecule has 0 aliphatic heterocycles. The van der Waals surface area contributed by atoms with E-state index in [0.717, 1.165) is 0 Å². The maximum atomic E-state index is 12.5. The summed E-state index contributed by atoms with van der Waals surface area (Å²) in [5.41, 5.74) is 2.23. The van der Waals surface area contributed by atoms with E-state index < -0.39 is 34.1 Å². The van der Waals surface area contributed by atoms with Gasteiger partial charge in [-0.1, -0.05) is 0 Å². The van der Waals surface area contributed by atoms with Crippen molar-refractivity contribution in [1.29, 1.82) is 0 Å². The first-order chi connectivity index (χ1) is 7.36. The largest absolute Gasteiger partial charge is 0.365 e. The highest BCUT2D eigenvalue weighted by atomic mass is 79.9. The number of hydrogen-bond acceptors (Lipinski definition) is 4. The van der Waals surface area contributed by atoms with Crippen LogP contribution >= 0.6 is 15.9 Å². The predicted octanol–water partition coefficient (Wildman–Crippen LogP) is 1.79. The summed E-state index contributed by atoms with van der Waals surface area (Å²) in [5, 5.41) is 10.6. The minimum absolute atomic E-state index is 0.240. The summed E-state index contributed by atoms with van der Waals surface area (Å²) in [4.78, 5) is 23.9. The Balaban J connectivity index is 3.63. The third-order valence-electron chi connectivity index (χ3n) is 1.70. The van der Waals surface area contributed by atoms with E-state index in [1.807, 2.05) is 0 Å². The van der Waals surface area contributed by atoms with Gasteiger partial charge in [0.25, 0.3) is 18.0 Å². The van der Waals surface area contributed by atoms with E-state index in [4.69, 9.17) is 5.73 Å². The molecule has 0 saturated carbocycles. The number of halogens is 3. The standard InChI is InChI=1S/C7H4BrF2N3O3/c8-5-3(7(11)14)4(13(15)16)2(1-12-5)6(9)10/h1,6H,(H2,11,14). The van der Waals surface area contributed by atoms with Gasteiger partial charge in [0, 0.05) is 6.20 Å². The molecule has 1 amide bonds. The molecule has 1 aromatic heterocycles. The predicted molar refractivity (Wildman–Crippen MR) is 52.1 cm³/mol. The number of carbonyl (C=O) groups excluding carboxylic acids is 1. The molecule has 0 bridgehead atoms. The number of pyridine rings is 1. The molecule has 0 aliphatic rings. The Hall–Kier alpha value is -1.64. The van der Waals surface area contributed by atoms with Crippen LogP contribution < -0.4 is 5.73 Å². The van der Waals surface area contributed by atoms with Crippen LogP contribution in [0.4, 0.5) is 14.5 Å². The van der Waals surface area contributed by atoms with E-state index in [1.165, 1.54) is 0 Å². The Morgan fingerprint density at radius 1 is 1.62 bits per heavy atom. The van der Waals surface area contributed by atoms with Gasteiger partial charge in [-0.3, -0.25) is 14.9 Å². The fraction of sp³-hybridized carbons (Fsp3) is 0.143. The average molecular weight is 296 g/mol. The van der Waals surface area contributed by atoms with E-state index in [2.05, 4.69) is 20.9 Å². The van der Waals surface area contributed by atoms with Crippen LogP contribution in [0, 0.1) is 10.1 Å². The van der Waals surface area contributed by atoms with Gasteiger partial charge in [0.05, 0.1) is 4.92 Å². The van der Waals surface area contributed by atoms with Gasteiger partial charge in [-0.25, -0.2) is 13.8 Å². The van der Waals surface area contributed by atoms with Gasteiger partial charge in [-0.15, -0.1) is 0 Å². The molecule has 0 radical (unpaired) electrons. The molecule has 0 unspecified atom stereocenters. The SMILES string of the molecule is NC(=O)c1c(Br)ncc(C(F)F)c1[N+](=O)[O-]. The molecule has 0 spiro atoms. The van der Waals surface area contributed by atoms with Crippen molar-refractivity contribution >= 4 is 27.5 Å². The number of hydrogen-bond donors (Lipinski definition) is 1. The third kappa shape index (κ3) is 2.13. The molecule has 0 aliphatic carbocycles. The molecule has 16 heavy (non-hydrogen) atoms. The Morgan fingerprint density at radius 3 is 2.56 bits per heavy atom. The Kier molecular flexibility index (Phi) is 3.48. The molecular weight excluding hydrogens is 292 g/mol. The van der Waals surface area contributed by atoms with Crippen LogP contribution in [0.15, 0.2) is 10.8 Å². The van der Waals surface area contributed by atoms with Gasteiger partial charge in [-0.2, -0.15) is 0 Å². The number of primary amides is 1. The fourth-order valence-electron chi connectivity index (χ4n) is 1.07. The van der Waals surface area contributed by atoms with Crippen LogP contribution in [0.5, 0.6) is 0 Å². The Bertz CT molecular complexity index is 466. The van der Waals surface area contributed by atoms with E-state index in [0.29, 0.717) is 6.20 Å². The van der Waals surface area contributed by atoms with Gasteiger partial charge in [-0.05, 0) is 15.9 Å². The summed E-state index contributed by atoms with van der Waals surface area (Å²) in [6, 6.07) is 0. The zero-order chi connectivity index (χ0) is 12.5. The van der Waals surface area contributed by atoms with Gasteiger partial charge in [0.15, 0.2) is 0 Å². The maximum Gasteiger partial charge on any atom is 0.295 e. The number of nitro groups is 1.